The largest absolute Gasteiger partial charge is 0.495 e. The van der Waals surface area contributed by atoms with E-state index in [1.165, 1.54) is 11.5 Å². The summed E-state index contributed by atoms with van der Waals surface area (Å²) in [5, 5.41) is 3.58. The van der Waals surface area contributed by atoms with Crippen LogP contribution in [0.2, 0.25) is 0 Å². The molecule has 0 aliphatic heterocycles. The van der Waals surface area contributed by atoms with Crippen LogP contribution in [0.25, 0.3) is 10.1 Å². The van der Waals surface area contributed by atoms with Crippen molar-refractivity contribution in [3.8, 4) is 5.75 Å². The van der Waals surface area contributed by atoms with Crippen molar-refractivity contribution >= 4 is 33.2 Å². The number of anilines is 1. The number of methoxy groups -OCH3 is 1. The maximum Gasteiger partial charge on any atom is 0.268 e. The Balaban J connectivity index is 1.58. The van der Waals surface area contributed by atoms with Crippen LogP contribution in [-0.4, -0.2) is 17.0 Å². The number of hydrogen-bond donors (Lipinski definition) is 1. The summed E-state index contributed by atoms with van der Waals surface area (Å²) < 4.78 is 7.89. The Morgan fingerprint density at radius 2 is 1.92 bits per heavy atom. The average Bonchev–Trinajstić information content (AvgIpc) is 2.92. The number of aryl methyl sites for hydroxylation is 1. The molecule has 0 atom stereocenters. The van der Waals surface area contributed by atoms with Gasteiger partial charge in [-0.3, -0.25) is 13.5 Å². The average molecular weight is 342 g/mol. The highest BCUT2D eigenvalue weighted by Gasteiger charge is 2.09. The molecule has 1 amide bonds. The van der Waals surface area contributed by atoms with E-state index in [1.54, 1.807) is 23.2 Å². The van der Waals surface area contributed by atoms with E-state index in [0.29, 0.717) is 30.8 Å². The van der Waals surface area contributed by atoms with Crippen molar-refractivity contribution < 1.29 is 9.53 Å². The van der Waals surface area contributed by atoms with Gasteiger partial charge in [-0.05, 0) is 30.7 Å². The minimum Gasteiger partial charge on any atom is -0.495 e. The molecule has 1 N–H and O–H groups in total. The molecule has 1 heterocycles. The van der Waals surface area contributed by atoms with Crippen molar-refractivity contribution in [3.05, 3.63) is 58.9 Å². The fraction of sp³-hybridized carbons (Fsp3) is 0.222. The Morgan fingerprint density at radius 3 is 2.71 bits per heavy atom. The quantitative estimate of drug-likeness (QED) is 0.746. The van der Waals surface area contributed by atoms with Gasteiger partial charge in [0.05, 0.1) is 22.9 Å². The summed E-state index contributed by atoms with van der Waals surface area (Å²) >= 11 is 1.44. The highest BCUT2D eigenvalue weighted by molar-refractivity contribution is 7.13. The van der Waals surface area contributed by atoms with Gasteiger partial charge in [-0.15, -0.1) is 0 Å². The number of fused-ring (bicyclic) bond motifs is 1. The minimum atomic E-state index is -0.0892. The minimum absolute atomic E-state index is 0.0146. The van der Waals surface area contributed by atoms with E-state index in [4.69, 9.17) is 4.74 Å². The number of amides is 1. The third kappa shape index (κ3) is 3.49. The second-order valence-corrected chi connectivity index (χ2v) is 6.41. The van der Waals surface area contributed by atoms with E-state index in [0.717, 1.165) is 10.1 Å². The molecular formula is C18H18N2O3S. The number of hydrogen-bond acceptors (Lipinski definition) is 4. The molecule has 6 heteroatoms. The third-order valence-electron chi connectivity index (χ3n) is 3.70. The van der Waals surface area contributed by atoms with Gasteiger partial charge in [0.1, 0.15) is 5.75 Å². The molecule has 3 rings (SSSR count). The number of rotatable bonds is 6. The van der Waals surface area contributed by atoms with Gasteiger partial charge in [0.2, 0.25) is 5.91 Å². The first-order chi connectivity index (χ1) is 11.7. The van der Waals surface area contributed by atoms with Crippen LogP contribution >= 0.6 is 11.5 Å². The van der Waals surface area contributed by atoms with Gasteiger partial charge in [-0.2, -0.15) is 0 Å². The second kappa shape index (κ2) is 7.31. The molecular weight excluding hydrogens is 324 g/mol. The Hall–Kier alpha value is -2.60. The standard InChI is InChI=1S/C18H18N2O3S/c1-23-15-9-4-3-8-14(15)19-17(21)11-6-12-20-18(22)13-7-2-5-10-16(13)24-20/h2-5,7-10H,6,11-12H2,1H3,(H,19,21). The van der Waals surface area contributed by atoms with Crippen LogP contribution in [0.1, 0.15) is 12.8 Å². The van der Waals surface area contributed by atoms with E-state index >= 15 is 0 Å². The van der Waals surface area contributed by atoms with Gasteiger partial charge in [-0.25, -0.2) is 0 Å². The zero-order chi connectivity index (χ0) is 16.9. The van der Waals surface area contributed by atoms with Gasteiger partial charge < -0.3 is 10.1 Å². The maximum absolute atomic E-state index is 12.2. The smallest absolute Gasteiger partial charge is 0.268 e. The summed E-state index contributed by atoms with van der Waals surface area (Å²) in [5.41, 5.74) is 0.671. The molecule has 0 saturated heterocycles. The monoisotopic (exact) mass is 342 g/mol. The molecule has 0 bridgehead atoms. The van der Waals surface area contributed by atoms with Crippen molar-refractivity contribution in [1.82, 2.24) is 3.96 Å². The Bertz CT molecular complexity index is 914. The first-order valence-electron chi connectivity index (χ1n) is 7.71. The summed E-state index contributed by atoms with van der Waals surface area (Å²) in [7, 11) is 1.57. The summed E-state index contributed by atoms with van der Waals surface area (Å²) in [6.45, 7) is 0.539. The number of para-hydroxylation sites is 2. The molecule has 5 nitrogen and oxygen atoms in total. The normalized spacial score (nSPS) is 10.7. The summed E-state index contributed by atoms with van der Waals surface area (Å²) in [5.74, 6) is 0.542. The highest BCUT2D eigenvalue weighted by atomic mass is 32.1. The Labute approximate surface area is 143 Å². The molecule has 0 aliphatic carbocycles. The van der Waals surface area contributed by atoms with Crippen LogP contribution in [0.3, 0.4) is 0 Å². The fourth-order valence-corrected chi connectivity index (χ4v) is 3.54. The number of aromatic nitrogens is 1. The van der Waals surface area contributed by atoms with Gasteiger partial charge in [0, 0.05) is 13.0 Å². The Morgan fingerprint density at radius 1 is 1.17 bits per heavy atom. The van der Waals surface area contributed by atoms with Crippen molar-refractivity contribution in [1.29, 1.82) is 0 Å². The van der Waals surface area contributed by atoms with Crippen LogP contribution in [0.4, 0.5) is 5.69 Å². The third-order valence-corrected chi connectivity index (χ3v) is 4.82. The molecule has 1 aromatic heterocycles. The molecule has 2 aromatic carbocycles. The first-order valence-corrected chi connectivity index (χ1v) is 8.48. The second-order valence-electron chi connectivity index (χ2n) is 5.35. The molecule has 0 fully saturated rings. The Kier molecular flexibility index (Phi) is 4.96. The zero-order valence-electron chi connectivity index (χ0n) is 13.3. The number of nitrogens with one attached hydrogen (secondary N) is 1. The van der Waals surface area contributed by atoms with Crippen LogP contribution < -0.4 is 15.6 Å². The number of ether oxygens (including phenoxy) is 1. The molecule has 0 aliphatic rings. The molecule has 0 unspecified atom stereocenters. The number of carbonyl (C=O) groups is 1. The van der Waals surface area contributed by atoms with Crippen molar-refractivity contribution in [2.24, 2.45) is 0 Å². The van der Waals surface area contributed by atoms with Gasteiger partial charge in [0.15, 0.2) is 0 Å². The highest BCUT2D eigenvalue weighted by Crippen LogP contribution is 2.23. The molecule has 0 radical (unpaired) electrons. The van der Waals surface area contributed by atoms with Gasteiger partial charge >= 0.3 is 0 Å². The molecule has 3 aromatic rings. The molecule has 0 spiro atoms. The van der Waals surface area contributed by atoms with Gasteiger partial charge in [0.25, 0.3) is 5.56 Å². The predicted molar refractivity (Wildman–Crippen MR) is 96.9 cm³/mol. The topological polar surface area (TPSA) is 60.3 Å². The maximum atomic E-state index is 12.2. The van der Waals surface area contributed by atoms with E-state index < -0.39 is 0 Å². The predicted octanol–water partition coefficient (Wildman–Crippen LogP) is 3.49. The molecule has 124 valence electrons. The van der Waals surface area contributed by atoms with Crippen molar-refractivity contribution in [2.75, 3.05) is 12.4 Å². The van der Waals surface area contributed by atoms with Crippen LogP contribution in [0.15, 0.2) is 53.3 Å². The number of carbonyl (C=O) groups excluding carboxylic acids is 1. The fourth-order valence-electron chi connectivity index (χ4n) is 2.51. The van der Waals surface area contributed by atoms with Crippen LogP contribution in [0.5, 0.6) is 5.75 Å². The van der Waals surface area contributed by atoms with Crippen LogP contribution in [0, 0.1) is 0 Å². The van der Waals surface area contributed by atoms with Crippen LogP contribution in [-0.2, 0) is 11.3 Å². The van der Waals surface area contributed by atoms with E-state index in [9.17, 15) is 9.59 Å². The van der Waals surface area contributed by atoms with E-state index in [2.05, 4.69) is 5.32 Å². The van der Waals surface area contributed by atoms with E-state index in [1.807, 2.05) is 36.4 Å². The summed E-state index contributed by atoms with van der Waals surface area (Å²) in [4.78, 5) is 24.3. The first kappa shape index (κ1) is 16.3. The lowest BCUT2D eigenvalue weighted by Gasteiger charge is -2.09. The van der Waals surface area contributed by atoms with E-state index in [-0.39, 0.29) is 11.5 Å². The lowest BCUT2D eigenvalue weighted by molar-refractivity contribution is -0.116. The molecule has 0 saturated carbocycles. The zero-order valence-corrected chi connectivity index (χ0v) is 14.1. The van der Waals surface area contributed by atoms with Gasteiger partial charge in [-0.1, -0.05) is 35.8 Å². The summed E-state index contributed by atoms with van der Waals surface area (Å²) in [6, 6.07) is 14.8. The SMILES string of the molecule is COc1ccccc1NC(=O)CCCn1sc2ccccc2c1=O. The number of nitrogens with zero attached hydrogens (tertiary/aromatic N) is 1. The lowest BCUT2D eigenvalue weighted by atomic mass is 10.2. The lowest BCUT2D eigenvalue weighted by Crippen LogP contribution is -2.16. The molecule has 24 heavy (non-hydrogen) atoms. The summed E-state index contributed by atoms with van der Waals surface area (Å²) in [6.07, 6.45) is 0.951. The van der Waals surface area contributed by atoms with Crippen molar-refractivity contribution in [2.45, 2.75) is 19.4 Å². The number of benzene rings is 2. The van der Waals surface area contributed by atoms with Crippen molar-refractivity contribution in [3.63, 3.8) is 0 Å².